The SMILES string of the molecule is COc1ccc(N2CCN(c3cc(NCCO)c([N+](=O)[O-])c4nonc34)CC2)cc1. The molecule has 1 saturated heterocycles. The van der Waals surface area contributed by atoms with E-state index in [2.05, 4.69) is 25.4 Å². The average molecular weight is 414 g/mol. The Labute approximate surface area is 171 Å². The molecule has 30 heavy (non-hydrogen) atoms. The zero-order valence-electron chi connectivity index (χ0n) is 16.4. The fourth-order valence-corrected chi connectivity index (χ4v) is 3.66. The molecule has 11 heteroatoms. The predicted molar refractivity (Wildman–Crippen MR) is 111 cm³/mol. The van der Waals surface area contributed by atoms with Gasteiger partial charge < -0.3 is 25.0 Å². The zero-order chi connectivity index (χ0) is 21.1. The molecule has 1 aromatic heterocycles. The summed E-state index contributed by atoms with van der Waals surface area (Å²) in [4.78, 5) is 15.5. The monoisotopic (exact) mass is 414 g/mol. The van der Waals surface area contributed by atoms with Crippen molar-refractivity contribution < 1.29 is 19.4 Å². The highest BCUT2D eigenvalue weighted by atomic mass is 16.6. The molecule has 0 amide bonds. The van der Waals surface area contributed by atoms with E-state index in [-0.39, 0.29) is 30.0 Å². The average Bonchev–Trinajstić information content (AvgIpc) is 3.26. The molecule has 0 bridgehead atoms. The van der Waals surface area contributed by atoms with Crippen molar-refractivity contribution in [3.05, 3.63) is 40.4 Å². The van der Waals surface area contributed by atoms with Crippen LogP contribution in [0.3, 0.4) is 0 Å². The largest absolute Gasteiger partial charge is 0.497 e. The molecule has 0 radical (unpaired) electrons. The van der Waals surface area contributed by atoms with Gasteiger partial charge in [0, 0.05) is 38.4 Å². The van der Waals surface area contributed by atoms with Crippen LogP contribution in [0.2, 0.25) is 0 Å². The third-order valence-corrected chi connectivity index (χ3v) is 5.16. The second-order valence-corrected chi connectivity index (χ2v) is 6.83. The van der Waals surface area contributed by atoms with Crippen molar-refractivity contribution in [1.82, 2.24) is 10.3 Å². The fraction of sp³-hybridized carbons (Fsp3) is 0.368. The molecule has 11 nitrogen and oxygen atoms in total. The van der Waals surface area contributed by atoms with Crippen molar-refractivity contribution in [2.75, 3.05) is 61.6 Å². The van der Waals surface area contributed by atoms with E-state index in [4.69, 9.17) is 14.5 Å². The fourth-order valence-electron chi connectivity index (χ4n) is 3.66. The maximum atomic E-state index is 11.6. The molecule has 1 aliphatic rings. The van der Waals surface area contributed by atoms with Gasteiger partial charge in [-0.25, -0.2) is 4.63 Å². The number of nitro benzene ring substituents is 1. The Bertz CT molecular complexity index is 1030. The van der Waals surface area contributed by atoms with Crippen molar-refractivity contribution in [2.24, 2.45) is 0 Å². The number of ether oxygens (including phenoxy) is 1. The van der Waals surface area contributed by atoms with E-state index >= 15 is 0 Å². The molecule has 0 unspecified atom stereocenters. The molecule has 2 heterocycles. The molecule has 158 valence electrons. The molecule has 0 aliphatic carbocycles. The van der Waals surface area contributed by atoms with E-state index in [9.17, 15) is 10.1 Å². The van der Waals surface area contributed by atoms with Crippen molar-refractivity contribution in [3.8, 4) is 5.75 Å². The lowest BCUT2D eigenvalue weighted by atomic mass is 10.1. The number of nitrogens with one attached hydrogen (secondary N) is 1. The van der Waals surface area contributed by atoms with Gasteiger partial charge in [-0.1, -0.05) is 0 Å². The third-order valence-electron chi connectivity index (χ3n) is 5.16. The van der Waals surface area contributed by atoms with Crippen molar-refractivity contribution >= 4 is 33.8 Å². The van der Waals surface area contributed by atoms with Gasteiger partial charge in [0.2, 0.25) is 5.52 Å². The van der Waals surface area contributed by atoms with Crippen LogP contribution in [0.25, 0.3) is 11.0 Å². The number of fused-ring (bicyclic) bond motifs is 1. The second kappa shape index (κ2) is 8.41. The molecular formula is C19H22N6O5. The van der Waals surface area contributed by atoms with Crippen LogP contribution in [0.15, 0.2) is 35.0 Å². The first-order valence-electron chi connectivity index (χ1n) is 9.54. The van der Waals surface area contributed by atoms with Gasteiger partial charge in [0.25, 0.3) is 0 Å². The van der Waals surface area contributed by atoms with Gasteiger partial charge >= 0.3 is 5.69 Å². The van der Waals surface area contributed by atoms with Crippen molar-refractivity contribution in [1.29, 1.82) is 0 Å². The van der Waals surface area contributed by atoms with Gasteiger partial charge in [-0.2, -0.15) is 0 Å². The summed E-state index contributed by atoms with van der Waals surface area (Å²) in [6.45, 7) is 2.98. The number of nitrogens with zero attached hydrogens (tertiary/aromatic N) is 5. The minimum atomic E-state index is -0.516. The number of rotatable bonds is 7. The van der Waals surface area contributed by atoms with E-state index in [1.54, 1.807) is 13.2 Å². The first kappa shape index (κ1) is 19.7. The summed E-state index contributed by atoms with van der Waals surface area (Å²) in [6, 6.07) is 9.60. The van der Waals surface area contributed by atoms with E-state index in [1.807, 2.05) is 24.3 Å². The van der Waals surface area contributed by atoms with Crippen LogP contribution in [0.1, 0.15) is 0 Å². The molecule has 4 rings (SSSR count). The first-order valence-corrected chi connectivity index (χ1v) is 9.54. The van der Waals surface area contributed by atoms with Gasteiger partial charge in [-0.3, -0.25) is 10.1 Å². The molecular weight excluding hydrogens is 392 g/mol. The highest BCUT2D eigenvalue weighted by molar-refractivity contribution is 5.99. The lowest BCUT2D eigenvalue weighted by molar-refractivity contribution is -0.382. The first-order chi connectivity index (χ1) is 14.6. The van der Waals surface area contributed by atoms with Gasteiger partial charge in [0.15, 0.2) is 5.52 Å². The lowest BCUT2D eigenvalue weighted by Crippen LogP contribution is -2.46. The number of nitro groups is 1. The Balaban J connectivity index is 1.59. The number of piperazine rings is 1. The van der Waals surface area contributed by atoms with Crippen LogP contribution in [0, 0.1) is 10.1 Å². The summed E-state index contributed by atoms with van der Waals surface area (Å²) in [5, 5.41) is 31.3. The molecule has 2 aromatic carbocycles. The van der Waals surface area contributed by atoms with E-state index in [0.29, 0.717) is 24.3 Å². The van der Waals surface area contributed by atoms with Gasteiger partial charge in [0.1, 0.15) is 11.4 Å². The van der Waals surface area contributed by atoms with Gasteiger partial charge in [-0.15, -0.1) is 0 Å². The Hall–Kier alpha value is -3.60. The molecule has 0 saturated carbocycles. The minimum Gasteiger partial charge on any atom is -0.497 e. The lowest BCUT2D eigenvalue weighted by Gasteiger charge is -2.37. The maximum Gasteiger partial charge on any atom is 0.323 e. The predicted octanol–water partition coefficient (Wildman–Crippen LogP) is 1.87. The normalized spacial score (nSPS) is 14.2. The topological polar surface area (TPSA) is 130 Å². The van der Waals surface area contributed by atoms with Crippen molar-refractivity contribution in [3.63, 3.8) is 0 Å². The van der Waals surface area contributed by atoms with Crippen molar-refractivity contribution in [2.45, 2.75) is 0 Å². The summed E-state index contributed by atoms with van der Waals surface area (Å²) in [7, 11) is 1.64. The van der Waals surface area contributed by atoms with Crippen LogP contribution >= 0.6 is 0 Å². The highest BCUT2D eigenvalue weighted by Gasteiger charge is 2.29. The third kappa shape index (κ3) is 3.66. The Morgan fingerprint density at radius 2 is 1.83 bits per heavy atom. The minimum absolute atomic E-state index is 0.0931. The Kier molecular flexibility index (Phi) is 5.53. The number of benzene rings is 2. The number of aliphatic hydroxyl groups excluding tert-OH is 1. The number of anilines is 3. The van der Waals surface area contributed by atoms with E-state index in [0.717, 1.165) is 24.5 Å². The van der Waals surface area contributed by atoms with Gasteiger partial charge in [-0.05, 0) is 40.6 Å². The standard InChI is InChI=1S/C19H22N6O5/c1-29-14-4-2-13(3-5-14)23-7-9-24(10-8-23)16-12-15(20-6-11-26)19(25(27)28)18-17(16)21-30-22-18/h2-5,12,20,26H,6-11H2,1H3. The van der Waals surface area contributed by atoms with Crippen LogP contribution in [-0.2, 0) is 0 Å². The molecule has 3 aromatic rings. The highest BCUT2D eigenvalue weighted by Crippen LogP contribution is 2.38. The zero-order valence-corrected chi connectivity index (χ0v) is 16.4. The summed E-state index contributed by atoms with van der Waals surface area (Å²) in [5.41, 5.74) is 2.35. The number of hydrogen-bond donors (Lipinski definition) is 2. The summed E-state index contributed by atoms with van der Waals surface area (Å²) in [5.74, 6) is 0.812. The number of methoxy groups -OCH3 is 1. The molecule has 1 aliphatic heterocycles. The van der Waals surface area contributed by atoms with Crippen LogP contribution in [-0.4, -0.2) is 66.8 Å². The molecule has 0 atom stereocenters. The van der Waals surface area contributed by atoms with E-state index < -0.39 is 4.92 Å². The van der Waals surface area contributed by atoms with Crippen LogP contribution < -0.4 is 19.9 Å². The molecule has 2 N–H and O–H groups in total. The molecule has 1 fully saturated rings. The quantitative estimate of drug-likeness (QED) is 0.436. The molecule has 0 spiro atoms. The van der Waals surface area contributed by atoms with Gasteiger partial charge in [0.05, 0.1) is 24.3 Å². The smallest absolute Gasteiger partial charge is 0.323 e. The summed E-state index contributed by atoms with van der Waals surface area (Å²) >= 11 is 0. The number of aromatic nitrogens is 2. The van der Waals surface area contributed by atoms with Crippen LogP contribution in [0.4, 0.5) is 22.7 Å². The number of aliphatic hydroxyl groups is 1. The summed E-state index contributed by atoms with van der Waals surface area (Å²) in [6.07, 6.45) is 0. The van der Waals surface area contributed by atoms with Crippen LogP contribution in [0.5, 0.6) is 5.75 Å². The van der Waals surface area contributed by atoms with E-state index in [1.165, 1.54) is 0 Å². The number of hydrogen-bond acceptors (Lipinski definition) is 10. The summed E-state index contributed by atoms with van der Waals surface area (Å²) < 4.78 is 10.0. The second-order valence-electron chi connectivity index (χ2n) is 6.83. The Morgan fingerprint density at radius 3 is 2.47 bits per heavy atom. The Morgan fingerprint density at radius 1 is 1.17 bits per heavy atom. The maximum absolute atomic E-state index is 11.6.